The lowest BCUT2D eigenvalue weighted by molar-refractivity contribution is -0.136. The Morgan fingerprint density at radius 3 is 2.91 bits per heavy atom. The molecular weight excluding hydrogens is 550 g/mol. The molecule has 43 heavy (non-hydrogen) atoms. The largest absolute Gasteiger partial charge is 0.489 e. The van der Waals surface area contributed by atoms with Crippen LogP contribution in [0.1, 0.15) is 72.1 Å². The molecule has 12 heteroatoms. The number of hydrogen-bond donors (Lipinski definition) is 2. The van der Waals surface area contributed by atoms with E-state index in [0.29, 0.717) is 81.7 Å². The van der Waals surface area contributed by atoms with Gasteiger partial charge in [-0.15, -0.1) is 0 Å². The lowest BCUT2D eigenvalue weighted by Crippen LogP contribution is -2.48. The number of piperazine rings is 1. The van der Waals surface area contributed by atoms with Gasteiger partial charge in [0.1, 0.15) is 40.8 Å². The van der Waals surface area contributed by atoms with Crippen LogP contribution in [0, 0.1) is 17.2 Å². The first-order chi connectivity index (χ1) is 20.7. The van der Waals surface area contributed by atoms with E-state index in [1.165, 1.54) is 11.1 Å². The lowest BCUT2D eigenvalue weighted by atomic mass is 9.68. The fourth-order valence-corrected chi connectivity index (χ4v) is 6.94. The van der Waals surface area contributed by atoms with E-state index >= 15 is 0 Å². The number of carbonyl (C=O) groups is 3. The molecule has 0 radical (unpaired) electrons. The van der Waals surface area contributed by atoms with Crippen LogP contribution in [-0.4, -0.2) is 88.0 Å². The normalized spacial score (nSPS) is 25.5. The lowest BCUT2D eigenvalue weighted by Gasteiger charge is -2.45. The second kappa shape index (κ2) is 11.9. The van der Waals surface area contributed by atoms with E-state index in [1.54, 1.807) is 11.0 Å². The maximum absolute atomic E-state index is 13.5. The predicted octanol–water partition coefficient (Wildman–Crippen LogP) is 2.88. The first-order valence-electron chi connectivity index (χ1n) is 15.1. The van der Waals surface area contributed by atoms with Crippen LogP contribution in [0.25, 0.3) is 0 Å². The number of aryl methyl sites for hydroxylation is 1. The minimum Gasteiger partial charge on any atom is -0.489 e. The van der Waals surface area contributed by atoms with Gasteiger partial charge in [0.15, 0.2) is 6.29 Å². The number of aromatic nitrogens is 2. The Morgan fingerprint density at radius 2 is 2.12 bits per heavy atom. The number of ether oxygens (including phenoxy) is 1. The highest BCUT2D eigenvalue weighted by molar-refractivity contribution is 6.01. The predicted molar refractivity (Wildman–Crippen MR) is 157 cm³/mol. The van der Waals surface area contributed by atoms with Crippen molar-refractivity contribution in [2.24, 2.45) is 5.92 Å². The van der Waals surface area contributed by atoms with E-state index in [2.05, 4.69) is 21.4 Å². The Kier molecular flexibility index (Phi) is 8.03. The van der Waals surface area contributed by atoms with E-state index < -0.39 is 11.6 Å². The van der Waals surface area contributed by atoms with Crippen molar-refractivity contribution in [2.45, 2.75) is 69.6 Å². The molecule has 3 unspecified atom stereocenters. The Balaban J connectivity index is 1.18. The first-order valence-corrected chi connectivity index (χ1v) is 15.1. The van der Waals surface area contributed by atoms with Gasteiger partial charge in [0.05, 0.1) is 18.3 Å². The molecule has 12 nitrogen and oxygen atoms in total. The molecule has 6 rings (SSSR count). The smallest absolute Gasteiger partial charge is 0.328 e. The summed E-state index contributed by atoms with van der Waals surface area (Å²) in [7, 11) is 1.90. The molecule has 3 atom stereocenters. The molecular formula is C31H37N7O5. The molecule has 3 amide bonds. The number of likely N-dealkylation sites (N-methyl/N-ethyl adjacent to an activating group) is 1. The Hall–Kier alpha value is -4.08. The number of nitrogens with zero attached hydrogens (tertiary/aromatic N) is 6. The molecule has 2 aromatic heterocycles. The average Bonchev–Trinajstić information content (AvgIpc) is 2.99. The zero-order valence-corrected chi connectivity index (χ0v) is 24.4. The zero-order chi connectivity index (χ0) is 30.1. The van der Waals surface area contributed by atoms with Crippen LogP contribution in [0.5, 0.6) is 5.75 Å². The maximum Gasteiger partial charge on any atom is 0.328 e. The second-order valence-corrected chi connectivity index (χ2v) is 12.3. The molecule has 2 bridgehead atoms. The third kappa shape index (κ3) is 6.05. The Labute approximate surface area is 250 Å². The van der Waals surface area contributed by atoms with Gasteiger partial charge < -0.3 is 14.7 Å². The summed E-state index contributed by atoms with van der Waals surface area (Å²) in [6.07, 6.45) is 8.18. The van der Waals surface area contributed by atoms with Crippen molar-refractivity contribution in [1.82, 2.24) is 19.8 Å². The van der Waals surface area contributed by atoms with Crippen LogP contribution >= 0.6 is 0 Å². The van der Waals surface area contributed by atoms with Gasteiger partial charge in [-0.1, -0.05) is 6.42 Å². The minimum atomic E-state index is -0.608. The molecule has 2 aliphatic carbocycles. The highest BCUT2D eigenvalue weighted by Crippen LogP contribution is 2.44. The molecule has 2 saturated carbocycles. The van der Waals surface area contributed by atoms with E-state index in [4.69, 9.17) is 4.74 Å². The fraction of sp³-hybridized carbons (Fsp3) is 0.548. The van der Waals surface area contributed by atoms with Gasteiger partial charge in [-0.25, -0.2) is 14.8 Å². The number of anilines is 2. The topological polar surface area (TPSA) is 152 Å². The third-order valence-corrected chi connectivity index (χ3v) is 9.28. The van der Waals surface area contributed by atoms with Crippen molar-refractivity contribution in [3.63, 3.8) is 0 Å². The molecule has 226 valence electrons. The van der Waals surface area contributed by atoms with Crippen LogP contribution < -0.4 is 15.0 Å². The quantitative estimate of drug-likeness (QED) is 0.486. The third-order valence-electron chi connectivity index (χ3n) is 9.28. The second-order valence-electron chi connectivity index (χ2n) is 12.3. The van der Waals surface area contributed by atoms with Crippen LogP contribution in [-0.2, 0) is 17.8 Å². The summed E-state index contributed by atoms with van der Waals surface area (Å²) < 4.78 is 6.33. The van der Waals surface area contributed by atoms with Crippen LogP contribution in [0.15, 0.2) is 18.3 Å². The minimum absolute atomic E-state index is 0.00586. The Bertz CT molecular complexity index is 1480. The first kappa shape index (κ1) is 29.0. The van der Waals surface area contributed by atoms with Crippen molar-refractivity contribution in [3.8, 4) is 11.8 Å². The number of amides is 3. The molecule has 2 aromatic rings. The molecule has 0 aromatic carbocycles. The van der Waals surface area contributed by atoms with E-state index in [9.17, 15) is 24.8 Å². The average molecular weight is 588 g/mol. The van der Waals surface area contributed by atoms with Crippen molar-refractivity contribution in [3.05, 3.63) is 40.7 Å². The highest BCUT2D eigenvalue weighted by Gasteiger charge is 2.43. The summed E-state index contributed by atoms with van der Waals surface area (Å²) in [5.74, 6) is 1.23. The molecule has 2 aliphatic heterocycles. The highest BCUT2D eigenvalue weighted by atomic mass is 16.5. The number of nitriles is 1. The summed E-state index contributed by atoms with van der Waals surface area (Å²) in [4.78, 5) is 52.1. The molecule has 0 spiro atoms. The molecule has 2 N–H and O–H groups in total. The standard InChI is InChI=1S/C31H37N7O5/c1-36-10-11-37(28(40)18-36)17-22-12-20-5-3-9-38(29(20)34-24(22)19-39)30(41)35-27-13-26(23(15-32)16-33-27)43-25-6-8-31(42)7-2-4-21(25)14-31/h12-13,16,19,21,25,42H,2-11,14,17-18H2,1H3,(H,33,35,41). The number of rotatable bonds is 6. The van der Waals surface area contributed by atoms with Gasteiger partial charge in [-0.2, -0.15) is 5.26 Å². The van der Waals surface area contributed by atoms with Gasteiger partial charge in [0.25, 0.3) is 0 Å². The van der Waals surface area contributed by atoms with Gasteiger partial charge in [-0.05, 0) is 69.5 Å². The van der Waals surface area contributed by atoms with Gasteiger partial charge in [-0.3, -0.25) is 24.7 Å². The number of aliphatic hydroxyl groups is 1. The van der Waals surface area contributed by atoms with Crippen LogP contribution in [0.4, 0.5) is 16.4 Å². The molecule has 4 heterocycles. The summed E-state index contributed by atoms with van der Waals surface area (Å²) in [5.41, 5.74) is 1.39. The van der Waals surface area contributed by atoms with Crippen molar-refractivity contribution < 1.29 is 24.2 Å². The fourth-order valence-electron chi connectivity index (χ4n) is 6.94. The molecule has 1 saturated heterocycles. The summed E-state index contributed by atoms with van der Waals surface area (Å²) in [6, 6.07) is 5.14. The number of fused-ring (bicyclic) bond motifs is 3. The number of carbonyl (C=O) groups excluding carboxylic acids is 3. The van der Waals surface area contributed by atoms with Crippen LogP contribution in [0.3, 0.4) is 0 Å². The Morgan fingerprint density at radius 1 is 1.26 bits per heavy atom. The number of nitrogens with one attached hydrogen (secondary N) is 1. The molecule has 3 fully saturated rings. The number of aldehydes is 1. The zero-order valence-electron chi connectivity index (χ0n) is 24.4. The van der Waals surface area contributed by atoms with E-state index in [1.807, 2.05) is 18.0 Å². The van der Waals surface area contributed by atoms with Gasteiger partial charge in [0.2, 0.25) is 5.91 Å². The van der Waals surface area contributed by atoms with Crippen LogP contribution in [0.2, 0.25) is 0 Å². The van der Waals surface area contributed by atoms with E-state index in [0.717, 1.165) is 31.4 Å². The number of pyridine rings is 2. The summed E-state index contributed by atoms with van der Waals surface area (Å²) in [5, 5.41) is 23.3. The number of urea groups is 1. The summed E-state index contributed by atoms with van der Waals surface area (Å²) >= 11 is 0. The summed E-state index contributed by atoms with van der Waals surface area (Å²) in [6.45, 7) is 2.38. The van der Waals surface area contributed by atoms with E-state index in [-0.39, 0.29) is 35.0 Å². The van der Waals surface area contributed by atoms with Crippen molar-refractivity contribution in [2.75, 3.05) is 43.4 Å². The molecule has 4 aliphatic rings. The van der Waals surface area contributed by atoms with Gasteiger partial charge >= 0.3 is 6.03 Å². The van der Waals surface area contributed by atoms with Gasteiger partial charge in [0, 0.05) is 37.8 Å². The maximum atomic E-state index is 13.5. The monoisotopic (exact) mass is 587 g/mol. The SMILES string of the molecule is CN1CCN(Cc2cc3c(nc2C=O)N(C(=O)Nc2cc(OC4CCC5(O)CCCC4C5)c(C#N)cn2)CCC3)C(=O)C1. The van der Waals surface area contributed by atoms with Crippen molar-refractivity contribution in [1.29, 1.82) is 5.26 Å². The van der Waals surface area contributed by atoms with Crippen molar-refractivity contribution >= 4 is 29.9 Å². The number of hydrogen-bond acceptors (Lipinski definition) is 9.